The van der Waals surface area contributed by atoms with Crippen LogP contribution in [0.2, 0.25) is 0 Å². The van der Waals surface area contributed by atoms with Crippen LogP contribution in [0.1, 0.15) is 73.9 Å². The lowest BCUT2D eigenvalue weighted by atomic mass is 9.92. The number of carbonyl (C=O) groups is 1. The van der Waals surface area contributed by atoms with Crippen molar-refractivity contribution in [3.63, 3.8) is 0 Å². The first kappa shape index (κ1) is 27.1. The zero-order valence-corrected chi connectivity index (χ0v) is 21.9. The van der Waals surface area contributed by atoms with Gasteiger partial charge in [0.1, 0.15) is 5.75 Å². The summed E-state index contributed by atoms with van der Waals surface area (Å²) in [4.78, 5) is 11.9. The summed E-state index contributed by atoms with van der Waals surface area (Å²) in [6.07, 6.45) is 0.814. The zero-order valence-electron chi connectivity index (χ0n) is 21.0. The van der Waals surface area contributed by atoms with Crippen molar-refractivity contribution >= 4 is 13.6 Å². The zero-order chi connectivity index (χ0) is 25.0. The molecule has 0 radical (unpaired) electrons. The first-order valence-corrected chi connectivity index (χ1v) is 12.9. The fraction of sp³-hybridized carbons (Fsp3) is 0.500. The molecule has 33 heavy (non-hydrogen) atoms. The number of benzene rings is 2. The molecule has 1 unspecified atom stereocenters. The highest BCUT2D eigenvalue weighted by Crippen LogP contribution is 2.51. The van der Waals surface area contributed by atoms with Crippen LogP contribution in [-0.4, -0.2) is 25.0 Å². The molecular weight excluding hydrogens is 439 g/mol. The van der Waals surface area contributed by atoms with Crippen molar-refractivity contribution in [3.8, 4) is 5.75 Å². The standard InChI is InChI=1S/C26H37O6P/c1-17(2)22-13-20(9-10-24(22)27)14-23-18(3)11-21(12-19(23)4)15-33(29,30-8)32-16-31-25(28)26(5,6)7/h9-13,17,27H,14-16H2,1-8H3. The maximum Gasteiger partial charge on any atom is 0.337 e. The Labute approximate surface area is 197 Å². The van der Waals surface area contributed by atoms with Crippen molar-refractivity contribution in [1.82, 2.24) is 0 Å². The molecule has 2 aromatic carbocycles. The predicted molar refractivity (Wildman–Crippen MR) is 131 cm³/mol. The van der Waals surface area contributed by atoms with Crippen molar-refractivity contribution in [2.75, 3.05) is 13.9 Å². The molecule has 1 N–H and O–H groups in total. The van der Waals surface area contributed by atoms with Gasteiger partial charge in [-0.3, -0.25) is 13.9 Å². The smallest absolute Gasteiger partial charge is 0.337 e. The molecule has 0 amide bonds. The van der Waals surface area contributed by atoms with Crippen molar-refractivity contribution in [3.05, 3.63) is 63.7 Å². The van der Waals surface area contributed by atoms with E-state index in [1.807, 2.05) is 32.0 Å². The minimum absolute atomic E-state index is 0.0786. The van der Waals surface area contributed by atoms with Gasteiger partial charge < -0.3 is 14.4 Å². The summed E-state index contributed by atoms with van der Waals surface area (Å²) in [6, 6.07) is 9.73. The van der Waals surface area contributed by atoms with Crippen LogP contribution in [0.3, 0.4) is 0 Å². The van der Waals surface area contributed by atoms with E-state index in [2.05, 4.69) is 19.9 Å². The summed E-state index contributed by atoms with van der Waals surface area (Å²) in [5.74, 6) is 0.123. The van der Waals surface area contributed by atoms with Gasteiger partial charge in [0.15, 0.2) is 0 Å². The van der Waals surface area contributed by atoms with E-state index in [0.717, 1.165) is 34.2 Å². The number of aryl methyl sites for hydroxylation is 2. The molecule has 182 valence electrons. The monoisotopic (exact) mass is 476 g/mol. The van der Waals surface area contributed by atoms with Crippen LogP contribution in [0.15, 0.2) is 30.3 Å². The average Bonchev–Trinajstić information content (AvgIpc) is 2.70. The second-order valence-electron chi connectivity index (χ2n) is 9.81. The SMILES string of the molecule is COP(=O)(Cc1cc(C)c(Cc2ccc(O)c(C(C)C)c2)c(C)c1)OCOC(=O)C(C)(C)C. The molecule has 2 rings (SSSR count). The van der Waals surface area contributed by atoms with Crippen LogP contribution in [-0.2, 0) is 35.7 Å². The fourth-order valence-corrected chi connectivity index (χ4v) is 4.77. The third-order valence-corrected chi connectivity index (χ3v) is 7.36. The second-order valence-corrected chi connectivity index (χ2v) is 12.0. The highest BCUT2D eigenvalue weighted by atomic mass is 31.2. The molecule has 0 bridgehead atoms. The molecule has 1 atom stereocenters. The molecule has 2 aromatic rings. The van der Waals surface area contributed by atoms with Crippen LogP contribution in [0.25, 0.3) is 0 Å². The fourth-order valence-electron chi connectivity index (χ4n) is 3.60. The third kappa shape index (κ3) is 7.43. The Bertz CT molecular complexity index is 1010. The van der Waals surface area contributed by atoms with Crippen LogP contribution in [0, 0.1) is 19.3 Å². The van der Waals surface area contributed by atoms with E-state index in [9.17, 15) is 14.5 Å². The van der Waals surface area contributed by atoms with Gasteiger partial charge in [-0.2, -0.15) is 0 Å². The molecule has 0 saturated carbocycles. The van der Waals surface area contributed by atoms with Crippen molar-refractivity contribution in [2.24, 2.45) is 5.41 Å². The number of aromatic hydroxyl groups is 1. The van der Waals surface area contributed by atoms with Gasteiger partial charge in [0, 0.05) is 7.11 Å². The normalized spacial score (nSPS) is 13.7. The minimum Gasteiger partial charge on any atom is -0.508 e. The molecule has 0 aromatic heterocycles. The largest absolute Gasteiger partial charge is 0.508 e. The van der Waals surface area contributed by atoms with E-state index in [1.165, 1.54) is 12.7 Å². The van der Waals surface area contributed by atoms with E-state index >= 15 is 0 Å². The van der Waals surface area contributed by atoms with Gasteiger partial charge >= 0.3 is 13.6 Å². The Morgan fingerprint density at radius 2 is 1.67 bits per heavy atom. The minimum atomic E-state index is -3.48. The number of hydrogen-bond acceptors (Lipinski definition) is 6. The van der Waals surface area contributed by atoms with E-state index < -0.39 is 25.8 Å². The lowest BCUT2D eigenvalue weighted by Gasteiger charge is -2.20. The first-order valence-electron chi connectivity index (χ1n) is 11.1. The number of phenolic OH excluding ortho intramolecular Hbond substituents is 1. The second kappa shape index (κ2) is 10.9. The van der Waals surface area contributed by atoms with Gasteiger partial charge in [0.05, 0.1) is 11.6 Å². The predicted octanol–water partition coefficient (Wildman–Crippen LogP) is 6.63. The number of carbonyl (C=O) groups excluding carboxylic acids is 1. The van der Waals surface area contributed by atoms with E-state index in [0.29, 0.717) is 5.75 Å². The van der Waals surface area contributed by atoms with Crippen LogP contribution in [0.5, 0.6) is 5.75 Å². The van der Waals surface area contributed by atoms with Gasteiger partial charge in [-0.25, -0.2) is 0 Å². The van der Waals surface area contributed by atoms with Gasteiger partial charge in [-0.05, 0) is 86.4 Å². The molecule has 0 aliphatic carbocycles. The molecule has 0 aliphatic heterocycles. The number of rotatable bonds is 9. The van der Waals surface area contributed by atoms with Gasteiger partial charge in [0.25, 0.3) is 0 Å². The first-order chi connectivity index (χ1) is 15.3. The number of phenols is 1. The van der Waals surface area contributed by atoms with Gasteiger partial charge in [0.2, 0.25) is 6.79 Å². The molecule has 0 aliphatic rings. The van der Waals surface area contributed by atoms with E-state index in [-0.39, 0.29) is 12.1 Å². The molecular formula is C26H37O6P. The van der Waals surface area contributed by atoms with Crippen molar-refractivity contribution in [2.45, 2.75) is 67.0 Å². The quantitative estimate of drug-likeness (QED) is 0.249. The topological polar surface area (TPSA) is 82.1 Å². The molecule has 0 spiro atoms. The van der Waals surface area contributed by atoms with E-state index in [4.69, 9.17) is 13.8 Å². The molecule has 6 nitrogen and oxygen atoms in total. The van der Waals surface area contributed by atoms with Gasteiger partial charge in [-0.15, -0.1) is 0 Å². The lowest BCUT2D eigenvalue weighted by molar-refractivity contribution is -0.159. The van der Waals surface area contributed by atoms with Crippen LogP contribution < -0.4 is 0 Å². The van der Waals surface area contributed by atoms with Crippen LogP contribution in [0.4, 0.5) is 0 Å². The number of esters is 1. The Kier molecular flexibility index (Phi) is 8.92. The third-order valence-electron chi connectivity index (χ3n) is 5.56. The summed E-state index contributed by atoms with van der Waals surface area (Å²) < 4.78 is 28.7. The number of hydrogen-bond donors (Lipinski definition) is 1. The molecule has 0 heterocycles. The molecule has 0 saturated heterocycles. The Morgan fingerprint density at radius 1 is 1.06 bits per heavy atom. The summed E-state index contributed by atoms with van der Waals surface area (Å²) in [5, 5.41) is 10.1. The molecule has 7 heteroatoms. The maximum absolute atomic E-state index is 13.1. The van der Waals surface area contributed by atoms with Gasteiger partial charge in [-0.1, -0.05) is 38.1 Å². The Balaban J connectivity index is 2.16. The highest BCUT2D eigenvalue weighted by molar-refractivity contribution is 7.53. The van der Waals surface area contributed by atoms with Crippen molar-refractivity contribution < 1.29 is 28.3 Å². The lowest BCUT2D eigenvalue weighted by Crippen LogP contribution is -2.23. The van der Waals surface area contributed by atoms with Crippen LogP contribution >= 0.6 is 7.60 Å². The Hall–Kier alpha value is -2.14. The summed E-state index contributed by atoms with van der Waals surface area (Å²) in [5.41, 5.74) is 5.56. The summed E-state index contributed by atoms with van der Waals surface area (Å²) in [7, 11) is -2.15. The average molecular weight is 477 g/mol. The Morgan fingerprint density at radius 3 is 2.18 bits per heavy atom. The van der Waals surface area contributed by atoms with Crippen molar-refractivity contribution in [1.29, 1.82) is 0 Å². The summed E-state index contributed by atoms with van der Waals surface area (Å²) >= 11 is 0. The van der Waals surface area contributed by atoms with E-state index in [1.54, 1.807) is 26.8 Å². The molecule has 0 fully saturated rings. The summed E-state index contributed by atoms with van der Waals surface area (Å²) in [6.45, 7) is 13.0. The highest BCUT2D eigenvalue weighted by Gasteiger charge is 2.27. The maximum atomic E-state index is 13.1. The number of ether oxygens (including phenoxy) is 1.